The summed E-state index contributed by atoms with van der Waals surface area (Å²) in [5.41, 5.74) is 6.32. The molecular formula is C24H14BO3. The van der Waals surface area contributed by atoms with Crippen molar-refractivity contribution in [2.24, 2.45) is 0 Å². The number of benzene rings is 4. The van der Waals surface area contributed by atoms with Crippen LogP contribution in [0, 0.1) is 0 Å². The Morgan fingerprint density at radius 2 is 1.21 bits per heavy atom. The van der Waals surface area contributed by atoms with Gasteiger partial charge in [0.2, 0.25) is 0 Å². The third-order valence-electron chi connectivity index (χ3n) is 5.38. The molecule has 4 heteroatoms. The van der Waals surface area contributed by atoms with E-state index in [1.54, 1.807) is 0 Å². The number of rotatable bonds is 2. The minimum absolute atomic E-state index is 0.754. The molecule has 131 valence electrons. The van der Waals surface area contributed by atoms with E-state index in [4.69, 9.17) is 8.83 Å². The first-order valence-corrected chi connectivity index (χ1v) is 9.16. The molecule has 0 aliphatic carbocycles. The maximum atomic E-state index is 9.62. The normalized spacial score (nSPS) is 11.8. The van der Waals surface area contributed by atoms with Crippen molar-refractivity contribution < 1.29 is 13.9 Å². The first-order chi connectivity index (χ1) is 13.8. The Labute approximate surface area is 161 Å². The van der Waals surface area contributed by atoms with Gasteiger partial charge >= 0.3 is 7.48 Å². The number of fused-ring (bicyclic) bond motifs is 6. The summed E-state index contributed by atoms with van der Waals surface area (Å²) in [7, 11) is 1.13. The molecule has 1 N–H and O–H groups in total. The highest BCUT2D eigenvalue weighted by atomic mass is 16.3. The summed E-state index contributed by atoms with van der Waals surface area (Å²) >= 11 is 0. The van der Waals surface area contributed by atoms with Crippen molar-refractivity contribution in [3.05, 3.63) is 78.9 Å². The van der Waals surface area contributed by atoms with Gasteiger partial charge in [0.05, 0.1) is 0 Å². The van der Waals surface area contributed by atoms with Crippen molar-refractivity contribution in [1.82, 2.24) is 0 Å². The first-order valence-electron chi connectivity index (χ1n) is 9.16. The smallest absolute Gasteiger partial charge is 0.327 e. The summed E-state index contributed by atoms with van der Waals surface area (Å²) in [5, 5.41) is 13.8. The van der Waals surface area contributed by atoms with Crippen LogP contribution in [0.25, 0.3) is 55.0 Å². The van der Waals surface area contributed by atoms with Crippen LogP contribution in [0.3, 0.4) is 0 Å². The summed E-state index contributed by atoms with van der Waals surface area (Å²) in [4.78, 5) is 0. The Kier molecular flexibility index (Phi) is 3.19. The number of furan rings is 2. The Morgan fingerprint density at radius 1 is 0.571 bits per heavy atom. The topological polar surface area (TPSA) is 46.5 Å². The molecule has 6 rings (SSSR count). The van der Waals surface area contributed by atoms with Crippen LogP contribution in [0.2, 0.25) is 0 Å². The molecule has 0 saturated carbocycles. The van der Waals surface area contributed by atoms with Crippen LogP contribution in [-0.4, -0.2) is 12.5 Å². The van der Waals surface area contributed by atoms with E-state index in [-0.39, 0.29) is 0 Å². The Morgan fingerprint density at radius 3 is 2.04 bits per heavy atom. The lowest BCUT2D eigenvalue weighted by Crippen LogP contribution is -2.13. The van der Waals surface area contributed by atoms with E-state index in [1.807, 2.05) is 48.5 Å². The van der Waals surface area contributed by atoms with Crippen molar-refractivity contribution in [3.8, 4) is 11.1 Å². The fourth-order valence-corrected chi connectivity index (χ4v) is 4.05. The molecule has 0 atom stereocenters. The molecule has 6 aromatic rings. The zero-order valence-electron chi connectivity index (χ0n) is 14.8. The van der Waals surface area contributed by atoms with Crippen LogP contribution >= 0.6 is 0 Å². The van der Waals surface area contributed by atoms with Crippen molar-refractivity contribution in [3.63, 3.8) is 0 Å². The second-order valence-electron chi connectivity index (χ2n) is 6.97. The molecule has 0 spiro atoms. The molecule has 2 aromatic heterocycles. The van der Waals surface area contributed by atoms with Gasteiger partial charge < -0.3 is 13.9 Å². The SMILES string of the molecule is O[B]c1cccc2oc3ccc(-c4ccc5oc6ccccc6c5c4)cc3c12. The molecule has 0 saturated heterocycles. The quantitative estimate of drug-likeness (QED) is 0.421. The van der Waals surface area contributed by atoms with Crippen molar-refractivity contribution in [1.29, 1.82) is 0 Å². The molecule has 0 aliphatic heterocycles. The van der Waals surface area contributed by atoms with E-state index in [2.05, 4.69) is 30.3 Å². The number of hydrogen-bond acceptors (Lipinski definition) is 3. The Balaban J connectivity index is 1.61. The van der Waals surface area contributed by atoms with Gasteiger partial charge in [-0.1, -0.05) is 42.5 Å². The van der Waals surface area contributed by atoms with Gasteiger partial charge in [-0.3, -0.25) is 0 Å². The molecule has 0 fully saturated rings. The van der Waals surface area contributed by atoms with E-state index in [0.29, 0.717) is 0 Å². The van der Waals surface area contributed by atoms with E-state index < -0.39 is 0 Å². The van der Waals surface area contributed by atoms with Gasteiger partial charge in [-0.05, 0) is 53.0 Å². The minimum atomic E-state index is 0.754. The van der Waals surface area contributed by atoms with Gasteiger partial charge in [-0.2, -0.15) is 0 Å². The summed E-state index contributed by atoms with van der Waals surface area (Å²) in [6.45, 7) is 0. The lowest BCUT2D eigenvalue weighted by atomic mass is 9.84. The molecule has 3 nitrogen and oxygen atoms in total. The monoisotopic (exact) mass is 361 g/mol. The average molecular weight is 361 g/mol. The third-order valence-corrected chi connectivity index (χ3v) is 5.38. The highest BCUT2D eigenvalue weighted by molar-refractivity contribution is 6.51. The minimum Gasteiger partial charge on any atom is -0.456 e. The van der Waals surface area contributed by atoms with Crippen molar-refractivity contribution >= 4 is 56.8 Å². The maximum Gasteiger partial charge on any atom is 0.327 e. The van der Waals surface area contributed by atoms with Crippen LogP contribution in [-0.2, 0) is 0 Å². The molecular weight excluding hydrogens is 347 g/mol. The lowest BCUT2D eigenvalue weighted by molar-refractivity contribution is 0.615. The van der Waals surface area contributed by atoms with E-state index in [1.165, 1.54) is 0 Å². The average Bonchev–Trinajstić information content (AvgIpc) is 3.30. The second kappa shape index (κ2) is 5.75. The van der Waals surface area contributed by atoms with Crippen LogP contribution < -0.4 is 5.46 Å². The fourth-order valence-electron chi connectivity index (χ4n) is 4.05. The van der Waals surface area contributed by atoms with Crippen molar-refractivity contribution in [2.75, 3.05) is 0 Å². The highest BCUT2D eigenvalue weighted by Crippen LogP contribution is 2.35. The standard InChI is InChI=1S/C24H14BO3/c26-25-19-5-3-7-23-24(19)18-13-15(9-11-22(18)28-23)14-8-10-21-17(12-14)16-4-1-2-6-20(16)27-21/h1-13,26H. The third kappa shape index (κ3) is 2.15. The first kappa shape index (κ1) is 15.6. The summed E-state index contributed by atoms with van der Waals surface area (Å²) in [5.74, 6) is 0. The maximum absolute atomic E-state index is 9.62. The Hall–Kier alpha value is -3.50. The van der Waals surface area contributed by atoms with Gasteiger partial charge in [-0.25, -0.2) is 0 Å². The van der Waals surface area contributed by atoms with Crippen LogP contribution in [0.15, 0.2) is 87.7 Å². The van der Waals surface area contributed by atoms with Gasteiger partial charge in [0.25, 0.3) is 0 Å². The number of para-hydroxylation sites is 1. The van der Waals surface area contributed by atoms with E-state index in [9.17, 15) is 5.02 Å². The predicted octanol–water partition coefficient (Wildman–Crippen LogP) is 5.39. The van der Waals surface area contributed by atoms with E-state index >= 15 is 0 Å². The van der Waals surface area contributed by atoms with Gasteiger partial charge in [0, 0.05) is 21.5 Å². The second-order valence-corrected chi connectivity index (χ2v) is 6.97. The fraction of sp³-hybridized carbons (Fsp3) is 0. The molecule has 4 aromatic carbocycles. The molecule has 0 unspecified atom stereocenters. The molecule has 28 heavy (non-hydrogen) atoms. The molecule has 0 aliphatic rings. The van der Waals surface area contributed by atoms with Crippen LogP contribution in [0.5, 0.6) is 0 Å². The zero-order valence-corrected chi connectivity index (χ0v) is 14.8. The predicted molar refractivity (Wildman–Crippen MR) is 114 cm³/mol. The van der Waals surface area contributed by atoms with Gasteiger partial charge in [-0.15, -0.1) is 0 Å². The molecule has 0 amide bonds. The van der Waals surface area contributed by atoms with E-state index in [0.717, 1.165) is 67.9 Å². The van der Waals surface area contributed by atoms with Gasteiger partial charge in [0.15, 0.2) is 0 Å². The summed E-state index contributed by atoms with van der Waals surface area (Å²) in [6.07, 6.45) is 0. The summed E-state index contributed by atoms with van der Waals surface area (Å²) < 4.78 is 11.9. The number of hydrogen-bond donors (Lipinski definition) is 1. The molecule has 0 bridgehead atoms. The molecule has 1 radical (unpaired) electrons. The van der Waals surface area contributed by atoms with Crippen LogP contribution in [0.4, 0.5) is 0 Å². The van der Waals surface area contributed by atoms with Gasteiger partial charge in [0.1, 0.15) is 22.3 Å². The zero-order chi connectivity index (χ0) is 18.7. The largest absolute Gasteiger partial charge is 0.456 e. The molecule has 2 heterocycles. The van der Waals surface area contributed by atoms with Crippen molar-refractivity contribution in [2.45, 2.75) is 0 Å². The Bertz CT molecular complexity index is 1510. The lowest BCUT2D eigenvalue weighted by Gasteiger charge is -2.03. The summed E-state index contributed by atoms with van der Waals surface area (Å²) in [6, 6.07) is 26.2. The highest BCUT2D eigenvalue weighted by Gasteiger charge is 2.13. The van der Waals surface area contributed by atoms with Crippen LogP contribution in [0.1, 0.15) is 0 Å².